The molecule has 0 spiro atoms. The first-order chi connectivity index (χ1) is 20.2. The fourth-order valence-corrected chi connectivity index (χ4v) is 5.40. The smallest absolute Gasteiger partial charge is 0.333 e. The van der Waals surface area contributed by atoms with Crippen molar-refractivity contribution >= 4 is 0 Å². The highest BCUT2D eigenvalue weighted by atomic mass is 16.6. The zero-order valence-electron chi connectivity index (χ0n) is 22.8. The van der Waals surface area contributed by atoms with Crippen molar-refractivity contribution in [1.29, 1.82) is 0 Å². The van der Waals surface area contributed by atoms with Crippen LogP contribution >= 0.6 is 0 Å². The Balaban J connectivity index is 1.34. The topological polar surface area (TPSA) is 206 Å². The van der Waals surface area contributed by atoms with Crippen molar-refractivity contribution in [3.63, 3.8) is 0 Å². The molecule has 16 nitrogen and oxygen atoms in total. The number of nitrogens with zero attached hydrogens (tertiary/aromatic N) is 4. The molecule has 3 aliphatic rings. The molecule has 16 heteroatoms. The number of rotatable bonds is 0. The lowest BCUT2D eigenvalue weighted by atomic mass is 10.1. The summed E-state index contributed by atoms with van der Waals surface area (Å²) in [5, 5.41) is 42.2. The standard InChI is InChI=1S/C26H36N4O12/c31-17-5-9-29-23-21(35)20(34)16(42-23)14-40-12-4-2-8-28-18(32)6-10-30(26(28)38)24-22(36)19(33)15(41-24)13-39-11-3-1-7-27(17)25(29)37/h5-6,9-10,15-16,19-24,33-36H,1-4,7-8,11-14H2/t15-,16-,19-,20-,21-,22-,23-,24-/m1/s1. The van der Waals surface area contributed by atoms with Crippen LogP contribution in [0.4, 0.5) is 0 Å². The van der Waals surface area contributed by atoms with Crippen LogP contribution in [0, 0.1) is 0 Å². The predicted octanol–water partition coefficient (Wildman–Crippen LogP) is -3.12. The molecule has 3 aliphatic heterocycles. The third-order valence-electron chi connectivity index (χ3n) is 7.82. The summed E-state index contributed by atoms with van der Waals surface area (Å²) in [5.74, 6) is 0. The third kappa shape index (κ3) is 6.07. The van der Waals surface area contributed by atoms with Gasteiger partial charge in [-0.25, -0.2) is 9.59 Å². The molecule has 42 heavy (non-hydrogen) atoms. The Morgan fingerprint density at radius 2 is 1.00 bits per heavy atom. The van der Waals surface area contributed by atoms with Crippen LogP contribution in [0.5, 0.6) is 0 Å². The van der Waals surface area contributed by atoms with Crippen molar-refractivity contribution in [3.8, 4) is 0 Å². The molecule has 5 heterocycles. The molecule has 0 radical (unpaired) electrons. The van der Waals surface area contributed by atoms with Crippen LogP contribution in [0.15, 0.2) is 43.7 Å². The first-order valence-corrected chi connectivity index (χ1v) is 14.0. The first kappa shape index (κ1) is 30.5. The van der Waals surface area contributed by atoms with Gasteiger partial charge in [0.25, 0.3) is 11.1 Å². The lowest BCUT2D eigenvalue weighted by Gasteiger charge is -2.19. The van der Waals surface area contributed by atoms with Crippen molar-refractivity contribution in [2.75, 3.05) is 26.4 Å². The molecule has 0 aliphatic carbocycles. The minimum atomic E-state index is -1.44. The molecule has 8 bridgehead atoms. The maximum absolute atomic E-state index is 13.1. The first-order valence-electron chi connectivity index (χ1n) is 14.0. The van der Waals surface area contributed by atoms with Gasteiger partial charge in [0.15, 0.2) is 12.5 Å². The normalized spacial score (nSPS) is 33.2. The van der Waals surface area contributed by atoms with E-state index in [2.05, 4.69) is 0 Å². The van der Waals surface area contributed by atoms with Crippen molar-refractivity contribution in [2.24, 2.45) is 0 Å². The maximum atomic E-state index is 13.1. The lowest BCUT2D eigenvalue weighted by molar-refractivity contribution is -0.0699. The van der Waals surface area contributed by atoms with E-state index in [9.17, 15) is 39.6 Å². The predicted molar refractivity (Wildman–Crippen MR) is 142 cm³/mol. The van der Waals surface area contributed by atoms with E-state index >= 15 is 0 Å². The van der Waals surface area contributed by atoms with Crippen LogP contribution in [-0.2, 0) is 32.0 Å². The molecule has 2 aromatic rings. The highest BCUT2D eigenvalue weighted by molar-refractivity contribution is 4.96. The summed E-state index contributed by atoms with van der Waals surface area (Å²) < 4.78 is 26.8. The SMILES string of the molecule is O=c1ccn2c(=O)n1CCCCOC[C@H]1O[C@H]([C@H](O)[C@@H]1O)n1ccc(=O)n(c1=O)CCCCOC[C@H]1O[C@@H]2[C@H](O)[C@@H]1O. The zero-order chi connectivity index (χ0) is 30.0. The quantitative estimate of drug-likeness (QED) is 0.238. The van der Waals surface area contributed by atoms with E-state index in [0.29, 0.717) is 25.7 Å². The van der Waals surface area contributed by atoms with Gasteiger partial charge >= 0.3 is 11.4 Å². The van der Waals surface area contributed by atoms with Gasteiger partial charge in [0.05, 0.1) is 13.2 Å². The number of aliphatic hydroxyl groups is 4. The fourth-order valence-electron chi connectivity index (χ4n) is 5.40. The highest BCUT2D eigenvalue weighted by Gasteiger charge is 2.45. The van der Waals surface area contributed by atoms with Gasteiger partial charge in [-0.2, -0.15) is 0 Å². The molecule has 232 valence electrons. The van der Waals surface area contributed by atoms with E-state index in [1.807, 2.05) is 0 Å². The number of hydrogen-bond acceptors (Lipinski definition) is 12. The molecule has 0 amide bonds. The van der Waals surface area contributed by atoms with E-state index in [1.54, 1.807) is 0 Å². The van der Waals surface area contributed by atoms with Crippen LogP contribution in [0.3, 0.4) is 0 Å². The summed E-state index contributed by atoms with van der Waals surface area (Å²) in [4.78, 5) is 51.0. The molecule has 8 atom stereocenters. The van der Waals surface area contributed by atoms with E-state index in [1.165, 1.54) is 24.5 Å². The van der Waals surface area contributed by atoms with Gasteiger partial charge in [0, 0.05) is 50.8 Å². The Kier molecular flexibility index (Phi) is 9.54. The summed E-state index contributed by atoms with van der Waals surface area (Å²) in [5.41, 5.74) is -2.47. The monoisotopic (exact) mass is 596 g/mol. The summed E-state index contributed by atoms with van der Waals surface area (Å²) in [7, 11) is 0. The molecule has 0 aromatic carbocycles. The second-order valence-electron chi connectivity index (χ2n) is 10.6. The minimum absolute atomic E-state index is 0.0573. The average molecular weight is 597 g/mol. The summed E-state index contributed by atoms with van der Waals surface area (Å²) >= 11 is 0. The molecule has 2 aromatic heterocycles. The summed E-state index contributed by atoms with van der Waals surface area (Å²) in [6.07, 6.45) is -5.88. The van der Waals surface area contributed by atoms with E-state index in [-0.39, 0.29) is 39.5 Å². The third-order valence-corrected chi connectivity index (χ3v) is 7.82. The van der Waals surface area contributed by atoms with Crippen molar-refractivity contribution in [1.82, 2.24) is 18.3 Å². The van der Waals surface area contributed by atoms with Crippen molar-refractivity contribution in [3.05, 3.63) is 66.2 Å². The van der Waals surface area contributed by atoms with Crippen LogP contribution in [0.25, 0.3) is 0 Å². The van der Waals surface area contributed by atoms with Crippen molar-refractivity contribution in [2.45, 2.75) is 87.9 Å². The van der Waals surface area contributed by atoms with Gasteiger partial charge in [-0.1, -0.05) is 0 Å². The molecular weight excluding hydrogens is 560 g/mol. The Morgan fingerprint density at radius 3 is 1.40 bits per heavy atom. The van der Waals surface area contributed by atoms with Gasteiger partial charge in [0.1, 0.15) is 36.6 Å². The summed E-state index contributed by atoms with van der Waals surface area (Å²) in [6, 6.07) is 2.36. The Hall–Kier alpha value is -2.96. The van der Waals surface area contributed by atoms with Gasteiger partial charge in [-0.05, 0) is 25.7 Å². The Labute approximate surface area is 238 Å². The molecule has 2 saturated heterocycles. The molecule has 0 saturated carbocycles. The highest BCUT2D eigenvalue weighted by Crippen LogP contribution is 2.29. The molecule has 5 rings (SSSR count). The molecular formula is C26H36N4O12. The zero-order valence-corrected chi connectivity index (χ0v) is 22.8. The number of fused-ring (bicyclic) bond motifs is 10. The van der Waals surface area contributed by atoms with Crippen LogP contribution < -0.4 is 22.5 Å². The van der Waals surface area contributed by atoms with Gasteiger partial charge in [-0.3, -0.25) is 27.9 Å². The van der Waals surface area contributed by atoms with E-state index < -0.39 is 71.6 Å². The number of aliphatic hydroxyl groups excluding tert-OH is 4. The van der Waals surface area contributed by atoms with Gasteiger partial charge in [0.2, 0.25) is 0 Å². The number of aromatic nitrogens is 4. The molecule has 2 fully saturated rings. The molecule has 4 N–H and O–H groups in total. The molecule has 0 unspecified atom stereocenters. The number of ether oxygens (including phenoxy) is 4. The summed E-state index contributed by atoms with van der Waals surface area (Å²) in [6.45, 7) is 0.297. The Morgan fingerprint density at radius 1 is 0.595 bits per heavy atom. The van der Waals surface area contributed by atoms with Gasteiger partial charge in [-0.15, -0.1) is 0 Å². The Bertz CT molecular complexity index is 1360. The number of hydrogen-bond donors (Lipinski definition) is 4. The largest absolute Gasteiger partial charge is 0.387 e. The van der Waals surface area contributed by atoms with Gasteiger partial charge < -0.3 is 39.4 Å². The maximum Gasteiger partial charge on any atom is 0.333 e. The van der Waals surface area contributed by atoms with Crippen molar-refractivity contribution < 1.29 is 39.4 Å². The fraction of sp³-hybridized carbons (Fsp3) is 0.692. The van der Waals surface area contributed by atoms with E-state index in [0.717, 1.165) is 18.3 Å². The lowest BCUT2D eigenvalue weighted by Crippen LogP contribution is -2.43. The van der Waals surface area contributed by atoms with Crippen LogP contribution in [0.2, 0.25) is 0 Å². The van der Waals surface area contributed by atoms with Crippen LogP contribution in [-0.4, -0.2) is 102 Å². The second-order valence-corrected chi connectivity index (χ2v) is 10.6. The average Bonchev–Trinajstić information content (AvgIpc) is 3.40. The minimum Gasteiger partial charge on any atom is -0.387 e. The van der Waals surface area contributed by atoms with E-state index in [4.69, 9.17) is 18.9 Å². The van der Waals surface area contributed by atoms with Crippen LogP contribution in [0.1, 0.15) is 38.1 Å². The second kappa shape index (κ2) is 13.1.